The van der Waals surface area contributed by atoms with Gasteiger partial charge in [0.15, 0.2) is 0 Å². The quantitative estimate of drug-likeness (QED) is 0.378. The zero-order valence-electron chi connectivity index (χ0n) is 17.0. The Hall–Kier alpha value is -2.30. The molecule has 9 heteroatoms. The third-order valence-electron chi connectivity index (χ3n) is 4.44. The van der Waals surface area contributed by atoms with Gasteiger partial charge in [-0.15, -0.1) is 0 Å². The number of hydrogen-bond donors (Lipinski definition) is 2. The molecule has 0 atom stereocenters. The monoisotopic (exact) mass is 510 g/mol. The normalized spacial score (nSPS) is 10.9. The van der Waals surface area contributed by atoms with Crippen LogP contribution in [0.4, 0.5) is 0 Å². The summed E-state index contributed by atoms with van der Waals surface area (Å²) < 4.78 is 22.8. The number of carbonyl (C=O) groups excluding carboxylic acids is 2. The first-order valence-electron chi connectivity index (χ1n) is 9.21. The van der Waals surface area contributed by atoms with E-state index in [9.17, 15) is 9.59 Å². The Balaban J connectivity index is 1.96. The zero-order valence-corrected chi connectivity index (χ0v) is 19.8. The number of hydroxylamine groups is 2. The summed E-state index contributed by atoms with van der Waals surface area (Å²) in [6, 6.07) is 13.3. The Morgan fingerprint density at radius 3 is 1.34 bits per heavy atom. The number of carbonyl (C=O) groups is 2. The van der Waals surface area contributed by atoms with E-state index in [1.165, 1.54) is 0 Å². The molecule has 0 radical (unpaired) electrons. The van der Waals surface area contributed by atoms with E-state index in [0.717, 1.165) is 0 Å². The van der Waals surface area contributed by atoms with Crippen LogP contribution in [0.25, 0.3) is 0 Å². The van der Waals surface area contributed by atoms with Crippen LogP contribution in [0.1, 0.15) is 34.6 Å². The number of ether oxygens (including phenoxy) is 2. The molecule has 8 nitrogen and oxygen atoms in total. The second kappa shape index (κ2) is 11.0. The maximum absolute atomic E-state index is 12.3. The molecule has 2 N–H and O–H groups in total. The first-order chi connectivity index (χ1) is 14.0. The summed E-state index contributed by atoms with van der Waals surface area (Å²) in [6.07, 6.45) is 0. The number of benzene rings is 2. The van der Waals surface area contributed by atoms with E-state index >= 15 is 0 Å². The van der Waals surface area contributed by atoms with Gasteiger partial charge in [0.1, 0.15) is 0 Å². The van der Waals surface area contributed by atoms with Gasteiger partial charge < -0.3 is 0 Å². The molecule has 0 bridgehead atoms. The van der Waals surface area contributed by atoms with E-state index in [2.05, 4.69) is 11.0 Å². The number of amides is 2. The van der Waals surface area contributed by atoms with Gasteiger partial charge in [-0.25, -0.2) is 0 Å². The van der Waals surface area contributed by atoms with Crippen molar-refractivity contribution in [3.8, 4) is 11.5 Å². The van der Waals surface area contributed by atoms with E-state index in [1.54, 1.807) is 62.8 Å². The molecular formula is C20H26N2O6Sn. The Morgan fingerprint density at radius 1 is 0.724 bits per heavy atom. The molecule has 0 aromatic heterocycles. The fourth-order valence-electron chi connectivity index (χ4n) is 2.44. The SMILES string of the molecule is C[CH2][Sn]([CH2]C)([O]NC(=O)c1ccc(OC)cc1)[O]NC(=O)c1ccc(OC)cc1. The molecule has 0 aliphatic heterocycles. The van der Waals surface area contributed by atoms with Gasteiger partial charge in [0, 0.05) is 0 Å². The van der Waals surface area contributed by atoms with Crippen molar-refractivity contribution in [3.05, 3.63) is 59.7 Å². The summed E-state index contributed by atoms with van der Waals surface area (Å²) in [4.78, 5) is 24.7. The van der Waals surface area contributed by atoms with Crippen LogP contribution in [0.2, 0.25) is 8.87 Å². The fraction of sp³-hybridized carbons (Fsp3) is 0.300. The Labute approximate surface area is 175 Å². The minimum atomic E-state index is -3.74. The summed E-state index contributed by atoms with van der Waals surface area (Å²) >= 11 is -3.74. The number of rotatable bonds is 10. The molecule has 0 fully saturated rings. The molecular weight excluding hydrogens is 483 g/mol. The first-order valence-corrected chi connectivity index (χ1v) is 15.6. The van der Waals surface area contributed by atoms with E-state index in [1.807, 2.05) is 13.8 Å². The molecule has 0 aliphatic rings. The van der Waals surface area contributed by atoms with Crippen LogP contribution in [0.5, 0.6) is 11.5 Å². The molecule has 0 aliphatic carbocycles. The third-order valence-corrected chi connectivity index (χ3v) is 13.3. The predicted molar refractivity (Wildman–Crippen MR) is 110 cm³/mol. The van der Waals surface area contributed by atoms with Crippen LogP contribution < -0.4 is 20.4 Å². The zero-order chi connectivity index (χ0) is 21.3. The summed E-state index contributed by atoms with van der Waals surface area (Å²) in [5.74, 6) is 0.534. The van der Waals surface area contributed by atoms with Crippen LogP contribution >= 0.6 is 0 Å². The Morgan fingerprint density at radius 2 is 1.07 bits per heavy atom. The van der Waals surface area contributed by atoms with Crippen molar-refractivity contribution in [1.29, 1.82) is 0 Å². The van der Waals surface area contributed by atoms with Gasteiger partial charge in [-0.1, -0.05) is 0 Å². The second-order valence-electron chi connectivity index (χ2n) is 6.14. The average molecular weight is 509 g/mol. The molecule has 2 amide bonds. The van der Waals surface area contributed by atoms with E-state index < -0.39 is 19.2 Å². The number of hydrogen-bond acceptors (Lipinski definition) is 6. The molecule has 29 heavy (non-hydrogen) atoms. The van der Waals surface area contributed by atoms with Crippen molar-refractivity contribution >= 4 is 31.0 Å². The Kier molecular flexibility index (Phi) is 8.74. The number of nitrogens with one attached hydrogen (secondary N) is 2. The van der Waals surface area contributed by atoms with Gasteiger partial charge in [0.2, 0.25) is 0 Å². The van der Waals surface area contributed by atoms with Crippen LogP contribution in [-0.4, -0.2) is 45.2 Å². The predicted octanol–water partition coefficient (Wildman–Crippen LogP) is 3.21. The molecule has 2 aromatic rings. The van der Waals surface area contributed by atoms with Crippen LogP contribution in [0.3, 0.4) is 0 Å². The maximum atomic E-state index is 12.3. The third kappa shape index (κ3) is 6.34. The van der Waals surface area contributed by atoms with Crippen molar-refractivity contribution in [3.63, 3.8) is 0 Å². The van der Waals surface area contributed by atoms with E-state index in [4.69, 9.17) is 15.8 Å². The number of methoxy groups -OCH3 is 2. The van der Waals surface area contributed by atoms with Crippen LogP contribution in [-0.2, 0) is 6.35 Å². The molecule has 0 heterocycles. The van der Waals surface area contributed by atoms with Crippen LogP contribution in [0.15, 0.2) is 48.5 Å². The van der Waals surface area contributed by atoms with Crippen LogP contribution in [0, 0.1) is 0 Å². The van der Waals surface area contributed by atoms with Crippen molar-refractivity contribution < 1.29 is 25.4 Å². The van der Waals surface area contributed by atoms with Gasteiger partial charge in [-0.3, -0.25) is 0 Å². The van der Waals surface area contributed by atoms with E-state index in [0.29, 0.717) is 31.5 Å². The van der Waals surface area contributed by atoms with Gasteiger partial charge in [0.25, 0.3) is 0 Å². The topological polar surface area (TPSA) is 95.1 Å². The average Bonchev–Trinajstić information content (AvgIpc) is 2.79. The standard InChI is InChI=1S/2C8H8NO3.2C2H5.Sn/c2*1-12-7-4-2-6(3-5-7)8(10)9-11;2*1-2;/h2*2-5H,1H3,(H-,9,10,11);2*1H2,2H3;/q2*-1;;;+2. The molecule has 156 valence electrons. The Bertz CT molecular complexity index is 741. The summed E-state index contributed by atoms with van der Waals surface area (Å²) in [6.45, 7) is 3.83. The summed E-state index contributed by atoms with van der Waals surface area (Å²) in [5.41, 5.74) is 5.82. The minimum absolute atomic E-state index is 0.388. The second-order valence-corrected chi connectivity index (χ2v) is 16.5. The molecule has 0 saturated heterocycles. The van der Waals surface area contributed by atoms with Crippen molar-refractivity contribution in [2.75, 3.05) is 14.2 Å². The molecule has 2 rings (SSSR count). The van der Waals surface area contributed by atoms with Gasteiger partial charge in [-0.2, -0.15) is 0 Å². The fourth-order valence-corrected chi connectivity index (χ4v) is 7.23. The molecule has 0 saturated carbocycles. The van der Waals surface area contributed by atoms with Crippen molar-refractivity contribution in [1.82, 2.24) is 11.0 Å². The molecule has 0 spiro atoms. The molecule has 2 aromatic carbocycles. The summed E-state index contributed by atoms with van der Waals surface area (Å²) in [5, 5.41) is 0. The van der Waals surface area contributed by atoms with E-state index in [-0.39, 0.29) is 11.8 Å². The molecule has 0 unspecified atom stereocenters. The van der Waals surface area contributed by atoms with Crippen molar-refractivity contribution in [2.24, 2.45) is 0 Å². The van der Waals surface area contributed by atoms with Crippen molar-refractivity contribution in [2.45, 2.75) is 22.7 Å². The van der Waals surface area contributed by atoms with Gasteiger partial charge in [0.05, 0.1) is 0 Å². The van der Waals surface area contributed by atoms with Gasteiger partial charge >= 0.3 is 175 Å². The first kappa shape index (κ1) is 23.0. The van der Waals surface area contributed by atoms with Gasteiger partial charge in [-0.05, 0) is 0 Å². The summed E-state index contributed by atoms with van der Waals surface area (Å²) in [7, 11) is 3.11.